The summed E-state index contributed by atoms with van der Waals surface area (Å²) in [4.78, 5) is 43.9. The topological polar surface area (TPSA) is 102 Å². The maximum atomic E-state index is 13.1. The monoisotopic (exact) mass is 724 g/mol. The van der Waals surface area contributed by atoms with Crippen LogP contribution in [0.2, 0.25) is 0 Å². The molecule has 0 saturated carbocycles. The Bertz CT molecular complexity index is 2030. The molecule has 278 valence electrons. The third-order valence-electron chi connectivity index (χ3n) is 11.6. The van der Waals surface area contributed by atoms with E-state index in [4.69, 9.17) is 4.74 Å². The number of aromatic hydroxyl groups is 1. The number of ether oxygens (including phenoxy) is 1. The largest absolute Gasteiger partial charge is 0.508 e. The number of likely N-dealkylation sites (tertiary alicyclic amines) is 1. The highest BCUT2D eigenvalue weighted by Crippen LogP contribution is 2.38. The molecule has 4 aromatic rings. The normalized spacial score (nSPS) is 21.6. The lowest BCUT2D eigenvalue weighted by atomic mass is 9.88. The first-order chi connectivity index (χ1) is 26.3. The zero-order valence-electron chi connectivity index (χ0n) is 30.9. The molecule has 2 N–H and O–H groups in total. The molecule has 4 heterocycles. The van der Waals surface area contributed by atoms with E-state index in [1.54, 1.807) is 17.0 Å². The summed E-state index contributed by atoms with van der Waals surface area (Å²) in [6.07, 6.45) is 3.60. The maximum absolute atomic E-state index is 13.1. The van der Waals surface area contributed by atoms with Crippen LogP contribution in [0, 0.1) is 11.8 Å². The van der Waals surface area contributed by atoms with Crippen molar-refractivity contribution in [1.82, 2.24) is 15.1 Å². The van der Waals surface area contributed by atoms with Gasteiger partial charge in [0.1, 0.15) is 17.5 Å². The molecule has 3 unspecified atom stereocenters. The quantitative estimate of drug-likeness (QED) is 0.0948. The minimum absolute atomic E-state index is 0.124. The van der Waals surface area contributed by atoms with Gasteiger partial charge < -0.3 is 24.5 Å². The van der Waals surface area contributed by atoms with Gasteiger partial charge in [0.05, 0.1) is 6.61 Å². The lowest BCUT2D eigenvalue weighted by Crippen LogP contribution is -2.52. The van der Waals surface area contributed by atoms with Crippen molar-refractivity contribution in [2.45, 2.75) is 51.6 Å². The minimum atomic E-state index is -0.588. The number of hydrogen-bond donors (Lipinski definition) is 2. The summed E-state index contributed by atoms with van der Waals surface area (Å²) in [6.45, 7) is 8.59. The number of anilines is 1. The predicted molar refractivity (Wildman–Crippen MR) is 210 cm³/mol. The fourth-order valence-electron chi connectivity index (χ4n) is 8.89. The summed E-state index contributed by atoms with van der Waals surface area (Å²) in [6, 6.07) is 31.9. The van der Waals surface area contributed by atoms with Crippen molar-refractivity contribution in [2.75, 3.05) is 44.2 Å². The molecule has 8 rings (SSSR count). The van der Waals surface area contributed by atoms with Gasteiger partial charge in [-0.2, -0.15) is 0 Å². The Morgan fingerprint density at radius 2 is 1.52 bits per heavy atom. The summed E-state index contributed by atoms with van der Waals surface area (Å²) < 4.78 is 6.19. The Morgan fingerprint density at radius 3 is 2.20 bits per heavy atom. The van der Waals surface area contributed by atoms with E-state index in [-0.39, 0.29) is 29.9 Å². The molecule has 3 saturated heterocycles. The van der Waals surface area contributed by atoms with Crippen LogP contribution in [0.4, 0.5) is 5.69 Å². The van der Waals surface area contributed by atoms with Crippen LogP contribution in [-0.4, -0.2) is 78.0 Å². The molecule has 0 radical (unpaired) electrons. The van der Waals surface area contributed by atoms with Crippen LogP contribution in [-0.2, 0) is 16.1 Å². The summed E-state index contributed by atoms with van der Waals surface area (Å²) in [5.74, 6) is 1.62. The van der Waals surface area contributed by atoms with Crippen LogP contribution in [0.5, 0.6) is 11.5 Å². The molecule has 3 fully saturated rings. The van der Waals surface area contributed by atoms with Gasteiger partial charge in [0, 0.05) is 50.4 Å². The molecule has 4 aliphatic rings. The van der Waals surface area contributed by atoms with Gasteiger partial charge in [-0.25, -0.2) is 0 Å². The Kier molecular flexibility index (Phi) is 10.2. The summed E-state index contributed by atoms with van der Waals surface area (Å²) in [7, 11) is 0. The van der Waals surface area contributed by atoms with Crippen LogP contribution in [0.25, 0.3) is 11.1 Å². The number of fused-ring (bicyclic) bond motifs is 2. The van der Waals surface area contributed by atoms with Crippen molar-refractivity contribution in [3.63, 3.8) is 0 Å². The van der Waals surface area contributed by atoms with Gasteiger partial charge in [0.2, 0.25) is 11.8 Å². The molecule has 0 aromatic heterocycles. The number of nitrogens with zero attached hydrogens (tertiary/aromatic N) is 3. The third kappa shape index (κ3) is 7.37. The van der Waals surface area contributed by atoms with Crippen molar-refractivity contribution in [2.24, 2.45) is 11.8 Å². The maximum Gasteiger partial charge on any atom is 0.255 e. The van der Waals surface area contributed by atoms with Gasteiger partial charge in [-0.15, -0.1) is 0 Å². The summed E-state index contributed by atoms with van der Waals surface area (Å²) in [5.41, 5.74) is 8.58. The Labute approximate surface area is 317 Å². The minimum Gasteiger partial charge on any atom is -0.508 e. The molecular formula is C45H48N4O5. The number of phenols is 1. The average Bonchev–Trinajstić information content (AvgIpc) is 3.86. The molecule has 3 amide bonds. The molecule has 4 aromatic carbocycles. The van der Waals surface area contributed by atoms with Gasteiger partial charge in [-0.05, 0) is 120 Å². The van der Waals surface area contributed by atoms with Crippen LogP contribution in [0.3, 0.4) is 0 Å². The first-order valence-corrected chi connectivity index (χ1v) is 19.4. The van der Waals surface area contributed by atoms with Crippen LogP contribution >= 0.6 is 0 Å². The SMILES string of the molecule is CCC(=C(c1ccc(O)cc1)c1ccc(OCCCCN2CC3CN(c4ccc5c(c4)CN(C4CCC(=O)NC4=O)C5=O)CC3C2)cc1)c1ccccc1. The number of unbranched alkanes of at least 4 members (excludes halogenated alkanes) is 1. The predicted octanol–water partition coefficient (Wildman–Crippen LogP) is 6.75. The van der Waals surface area contributed by atoms with Crippen LogP contribution in [0.1, 0.15) is 71.6 Å². The van der Waals surface area contributed by atoms with Crippen LogP contribution < -0.4 is 15.0 Å². The lowest BCUT2D eigenvalue weighted by Gasteiger charge is -2.29. The second-order valence-electron chi connectivity index (χ2n) is 15.1. The molecule has 4 aliphatic heterocycles. The van der Waals surface area contributed by atoms with E-state index in [1.807, 2.05) is 24.3 Å². The number of nitrogens with one attached hydrogen (secondary N) is 1. The van der Waals surface area contributed by atoms with Crippen molar-refractivity contribution >= 4 is 34.6 Å². The Morgan fingerprint density at radius 1 is 0.815 bits per heavy atom. The van der Waals surface area contributed by atoms with Gasteiger partial charge in [0.15, 0.2) is 0 Å². The molecule has 0 bridgehead atoms. The highest BCUT2D eigenvalue weighted by Gasteiger charge is 2.42. The molecule has 0 aliphatic carbocycles. The van der Waals surface area contributed by atoms with E-state index in [2.05, 4.69) is 82.7 Å². The number of rotatable bonds is 12. The molecular weight excluding hydrogens is 677 g/mol. The van der Waals surface area contributed by atoms with Crippen molar-refractivity contribution in [1.29, 1.82) is 0 Å². The molecule has 9 nitrogen and oxygen atoms in total. The number of carbonyl (C=O) groups is 3. The zero-order valence-corrected chi connectivity index (χ0v) is 30.9. The number of amides is 3. The van der Waals surface area contributed by atoms with E-state index in [9.17, 15) is 19.5 Å². The zero-order chi connectivity index (χ0) is 37.2. The fourth-order valence-corrected chi connectivity index (χ4v) is 8.89. The number of allylic oxidation sites excluding steroid dienone is 1. The first-order valence-electron chi connectivity index (χ1n) is 19.4. The first kappa shape index (κ1) is 35.6. The van der Waals surface area contributed by atoms with Crippen molar-refractivity contribution in [3.05, 3.63) is 125 Å². The number of piperidine rings is 1. The van der Waals surface area contributed by atoms with E-state index < -0.39 is 6.04 Å². The standard InChI is InChI=1S/C45H48N4O5/c1-2-39(30-8-4-3-5-9-30)43(31-10-15-37(50)16-11-31)32-12-17-38(18-13-32)54-23-7-6-22-47-25-34-27-48(28-35(34)26-47)36-14-19-40-33(24-36)29-49(45(40)53)41-20-21-42(51)46-44(41)52/h3-5,8-19,24,34-35,41,50H,2,6-7,20-23,25-29H2,1H3,(H,46,51,52). The Balaban J connectivity index is 0.804. The molecule has 0 spiro atoms. The van der Waals surface area contributed by atoms with Crippen LogP contribution in [0.15, 0.2) is 97.1 Å². The van der Waals surface area contributed by atoms with E-state index >= 15 is 0 Å². The Hall–Kier alpha value is -5.41. The molecule has 3 atom stereocenters. The van der Waals surface area contributed by atoms with Crippen molar-refractivity contribution < 1.29 is 24.2 Å². The number of imide groups is 1. The number of phenolic OH excluding ortho intramolecular Hbond substituents is 1. The fraction of sp³-hybridized carbons (Fsp3) is 0.356. The lowest BCUT2D eigenvalue weighted by molar-refractivity contribution is -0.136. The van der Waals surface area contributed by atoms with Gasteiger partial charge in [-0.1, -0.05) is 61.5 Å². The highest BCUT2D eigenvalue weighted by atomic mass is 16.5. The second-order valence-corrected chi connectivity index (χ2v) is 15.1. The van der Waals surface area contributed by atoms with Gasteiger partial charge in [-0.3, -0.25) is 19.7 Å². The van der Waals surface area contributed by atoms with Gasteiger partial charge in [0.25, 0.3) is 5.91 Å². The average molecular weight is 725 g/mol. The van der Waals surface area contributed by atoms with E-state index in [0.717, 1.165) is 85.7 Å². The number of benzene rings is 4. The number of carbonyl (C=O) groups excluding carboxylic acids is 3. The van der Waals surface area contributed by atoms with E-state index in [0.29, 0.717) is 37.0 Å². The number of hydrogen-bond acceptors (Lipinski definition) is 7. The smallest absolute Gasteiger partial charge is 0.255 e. The molecule has 54 heavy (non-hydrogen) atoms. The summed E-state index contributed by atoms with van der Waals surface area (Å²) in [5, 5.41) is 12.3. The summed E-state index contributed by atoms with van der Waals surface area (Å²) >= 11 is 0. The van der Waals surface area contributed by atoms with E-state index in [1.165, 1.54) is 11.1 Å². The third-order valence-corrected chi connectivity index (χ3v) is 11.6. The highest BCUT2D eigenvalue weighted by molar-refractivity contribution is 6.05. The second kappa shape index (κ2) is 15.5. The van der Waals surface area contributed by atoms with Gasteiger partial charge >= 0.3 is 0 Å². The van der Waals surface area contributed by atoms with Crippen molar-refractivity contribution in [3.8, 4) is 11.5 Å². The molecule has 9 heteroatoms.